The van der Waals surface area contributed by atoms with Gasteiger partial charge in [-0.2, -0.15) is 0 Å². The van der Waals surface area contributed by atoms with Gasteiger partial charge < -0.3 is 9.32 Å². The van der Waals surface area contributed by atoms with E-state index in [4.69, 9.17) is 4.42 Å². The van der Waals surface area contributed by atoms with Gasteiger partial charge >= 0.3 is 0 Å². The SMILES string of the molecule is CC1(C)c2cc(N(c3ccc(C45CC6CC(CC(C6)C4)C5)cc3)c3ccc(C45CC6CC(CC(C6)C4)C5)cc3)ccc2-c2cc3oc4ccccc4c3cc21. The van der Waals surface area contributed by atoms with E-state index in [-0.39, 0.29) is 5.41 Å². The number of fused-ring (bicyclic) bond motifs is 6. The van der Waals surface area contributed by atoms with E-state index in [0.717, 1.165) is 46.7 Å². The molecule has 0 amide bonds. The van der Waals surface area contributed by atoms with E-state index in [1.54, 1.807) is 11.1 Å². The first-order chi connectivity index (χ1) is 26.8. The molecule has 8 saturated carbocycles. The molecule has 2 heteroatoms. The Morgan fingerprint density at radius 3 is 1.45 bits per heavy atom. The standard InChI is InChI=1S/C53H53NO/c1-51(2)47-23-42(15-16-43(47)45-25-50-46(24-48(45)51)44-5-3-4-6-49(44)55-50)54(40-11-7-38(8-12-40)52-26-32-17-33(27-52)19-34(18-32)28-52)41-13-9-39(10-14-41)53-29-35-20-36(30-53)22-37(21-35)31-53/h3-16,23-25,32-37H,17-22,26-31H2,1-2H3. The van der Waals surface area contributed by atoms with Crippen molar-refractivity contribution in [3.8, 4) is 11.1 Å². The average Bonchev–Trinajstić information content (AvgIpc) is 3.64. The molecule has 0 aliphatic heterocycles. The van der Waals surface area contributed by atoms with Crippen LogP contribution in [-0.4, -0.2) is 0 Å². The number of furan rings is 1. The quantitative estimate of drug-likeness (QED) is 0.176. The number of para-hydroxylation sites is 1. The topological polar surface area (TPSA) is 16.4 Å². The van der Waals surface area contributed by atoms with Crippen LogP contribution in [0.3, 0.4) is 0 Å². The van der Waals surface area contributed by atoms with Crippen molar-refractivity contribution in [2.45, 2.75) is 107 Å². The molecule has 55 heavy (non-hydrogen) atoms. The Balaban J connectivity index is 0.912. The van der Waals surface area contributed by atoms with E-state index < -0.39 is 0 Å². The molecular formula is C53H53NO. The first-order valence-electron chi connectivity index (χ1n) is 21.9. The number of hydrogen-bond acceptors (Lipinski definition) is 2. The van der Waals surface area contributed by atoms with Gasteiger partial charge in [-0.3, -0.25) is 0 Å². The maximum absolute atomic E-state index is 6.40. The first kappa shape index (κ1) is 31.9. The molecule has 15 rings (SSSR count). The van der Waals surface area contributed by atoms with Gasteiger partial charge in [0.1, 0.15) is 11.2 Å². The molecule has 5 aromatic carbocycles. The summed E-state index contributed by atoms with van der Waals surface area (Å²) in [5, 5.41) is 2.42. The molecule has 1 aromatic heterocycles. The Morgan fingerprint density at radius 2 is 0.927 bits per heavy atom. The van der Waals surface area contributed by atoms with Crippen molar-refractivity contribution in [2.24, 2.45) is 35.5 Å². The minimum absolute atomic E-state index is 0.135. The molecule has 9 aliphatic rings. The molecule has 2 nitrogen and oxygen atoms in total. The van der Waals surface area contributed by atoms with E-state index in [1.165, 1.54) is 127 Å². The average molecular weight is 720 g/mol. The Morgan fingerprint density at radius 1 is 0.455 bits per heavy atom. The zero-order chi connectivity index (χ0) is 36.3. The Kier molecular flexibility index (Phi) is 6.35. The van der Waals surface area contributed by atoms with Crippen LogP contribution in [0.1, 0.15) is 113 Å². The second kappa shape index (κ2) is 11.0. The van der Waals surface area contributed by atoms with E-state index in [9.17, 15) is 0 Å². The third-order valence-electron chi connectivity index (χ3n) is 17.0. The first-order valence-corrected chi connectivity index (χ1v) is 21.9. The highest BCUT2D eigenvalue weighted by Crippen LogP contribution is 2.62. The second-order valence-electron chi connectivity index (χ2n) is 20.7. The number of rotatable bonds is 5. The minimum atomic E-state index is -0.135. The lowest BCUT2D eigenvalue weighted by Crippen LogP contribution is -2.48. The van der Waals surface area contributed by atoms with Crippen LogP contribution in [0, 0.1) is 35.5 Å². The second-order valence-corrected chi connectivity index (χ2v) is 20.7. The fourth-order valence-corrected chi connectivity index (χ4v) is 15.4. The van der Waals surface area contributed by atoms with Crippen LogP contribution in [-0.2, 0) is 16.2 Å². The van der Waals surface area contributed by atoms with Crippen LogP contribution in [0.2, 0.25) is 0 Å². The molecule has 0 saturated heterocycles. The zero-order valence-corrected chi connectivity index (χ0v) is 32.6. The van der Waals surface area contributed by atoms with Gasteiger partial charge in [-0.25, -0.2) is 0 Å². The van der Waals surface area contributed by atoms with Gasteiger partial charge in [0.05, 0.1) is 0 Å². The minimum Gasteiger partial charge on any atom is -0.456 e. The van der Waals surface area contributed by atoms with E-state index >= 15 is 0 Å². The smallest absolute Gasteiger partial charge is 0.136 e. The highest BCUT2D eigenvalue weighted by molar-refractivity contribution is 6.07. The van der Waals surface area contributed by atoms with Gasteiger partial charge in [0.25, 0.3) is 0 Å². The van der Waals surface area contributed by atoms with Gasteiger partial charge in [0.15, 0.2) is 0 Å². The normalized spacial score (nSPS) is 33.1. The van der Waals surface area contributed by atoms with Crippen LogP contribution < -0.4 is 4.90 Å². The molecule has 276 valence electrons. The van der Waals surface area contributed by atoms with Crippen LogP contribution >= 0.6 is 0 Å². The molecule has 0 spiro atoms. The van der Waals surface area contributed by atoms with Gasteiger partial charge in [0.2, 0.25) is 0 Å². The summed E-state index contributed by atoms with van der Waals surface area (Å²) in [6, 6.07) is 40.5. The maximum atomic E-state index is 6.40. The highest BCUT2D eigenvalue weighted by Gasteiger charge is 2.53. The predicted molar refractivity (Wildman–Crippen MR) is 226 cm³/mol. The molecule has 0 N–H and O–H groups in total. The highest BCUT2D eigenvalue weighted by atomic mass is 16.3. The van der Waals surface area contributed by atoms with E-state index in [0.29, 0.717) is 10.8 Å². The summed E-state index contributed by atoms with van der Waals surface area (Å²) in [5.41, 5.74) is 15.1. The molecule has 0 unspecified atom stereocenters. The third-order valence-corrected chi connectivity index (χ3v) is 17.0. The Hall–Kier alpha value is -4.30. The predicted octanol–water partition coefficient (Wildman–Crippen LogP) is 14.3. The van der Waals surface area contributed by atoms with Crippen molar-refractivity contribution in [3.63, 3.8) is 0 Å². The molecule has 9 aliphatic carbocycles. The largest absolute Gasteiger partial charge is 0.456 e. The lowest BCUT2D eigenvalue weighted by molar-refractivity contribution is -0.00529. The van der Waals surface area contributed by atoms with Gasteiger partial charge in [-0.05, 0) is 211 Å². The fraction of sp³-hybridized carbons (Fsp3) is 0.434. The van der Waals surface area contributed by atoms with Gasteiger partial charge in [-0.15, -0.1) is 0 Å². The van der Waals surface area contributed by atoms with Crippen molar-refractivity contribution in [1.29, 1.82) is 0 Å². The fourth-order valence-electron chi connectivity index (χ4n) is 15.4. The van der Waals surface area contributed by atoms with Crippen LogP contribution in [0.5, 0.6) is 0 Å². The molecular weight excluding hydrogens is 667 g/mol. The van der Waals surface area contributed by atoms with Crippen LogP contribution in [0.4, 0.5) is 17.1 Å². The van der Waals surface area contributed by atoms with E-state index in [1.807, 2.05) is 0 Å². The van der Waals surface area contributed by atoms with E-state index in [2.05, 4.69) is 122 Å². The third kappa shape index (κ3) is 4.55. The number of benzene rings is 5. The molecule has 0 atom stereocenters. The monoisotopic (exact) mass is 719 g/mol. The van der Waals surface area contributed by atoms with Crippen LogP contribution in [0.15, 0.2) is 108 Å². The Bertz CT molecular complexity index is 2370. The maximum Gasteiger partial charge on any atom is 0.136 e. The van der Waals surface area contributed by atoms with Crippen LogP contribution in [0.25, 0.3) is 33.1 Å². The summed E-state index contributed by atoms with van der Waals surface area (Å²) in [7, 11) is 0. The molecule has 1 heterocycles. The lowest BCUT2D eigenvalue weighted by Gasteiger charge is -2.57. The van der Waals surface area contributed by atoms with Crippen molar-refractivity contribution in [3.05, 3.63) is 125 Å². The summed E-state index contributed by atoms with van der Waals surface area (Å²) in [5.74, 6) is 5.73. The number of nitrogens with zero attached hydrogens (tertiary/aromatic N) is 1. The van der Waals surface area contributed by atoms with Crippen molar-refractivity contribution >= 4 is 39.0 Å². The Labute approximate surface area is 326 Å². The van der Waals surface area contributed by atoms with Gasteiger partial charge in [-0.1, -0.05) is 62.4 Å². The molecule has 8 fully saturated rings. The number of anilines is 3. The zero-order valence-electron chi connectivity index (χ0n) is 32.6. The molecule has 6 aromatic rings. The van der Waals surface area contributed by atoms with Crippen molar-refractivity contribution in [2.75, 3.05) is 4.90 Å². The summed E-state index contributed by atoms with van der Waals surface area (Å²) in [6.45, 7) is 4.83. The lowest BCUT2D eigenvalue weighted by atomic mass is 9.48. The summed E-state index contributed by atoms with van der Waals surface area (Å²) >= 11 is 0. The summed E-state index contributed by atoms with van der Waals surface area (Å²) in [6.07, 6.45) is 17.4. The molecule has 8 bridgehead atoms. The van der Waals surface area contributed by atoms with Gasteiger partial charge in [0, 0.05) is 33.2 Å². The number of hydrogen-bond donors (Lipinski definition) is 0. The van der Waals surface area contributed by atoms with Crippen molar-refractivity contribution < 1.29 is 4.42 Å². The van der Waals surface area contributed by atoms with Crippen molar-refractivity contribution in [1.82, 2.24) is 0 Å². The summed E-state index contributed by atoms with van der Waals surface area (Å²) < 4.78 is 6.40. The summed E-state index contributed by atoms with van der Waals surface area (Å²) in [4.78, 5) is 2.56. The molecule has 0 radical (unpaired) electrons.